The van der Waals surface area contributed by atoms with E-state index in [9.17, 15) is 4.79 Å². The van der Waals surface area contributed by atoms with Crippen LogP contribution in [0.15, 0.2) is 16.6 Å². The van der Waals surface area contributed by atoms with E-state index >= 15 is 0 Å². The lowest BCUT2D eigenvalue weighted by atomic mass is 9.96. The summed E-state index contributed by atoms with van der Waals surface area (Å²) in [5, 5.41) is 6.74. The van der Waals surface area contributed by atoms with Gasteiger partial charge in [0, 0.05) is 11.4 Å². The van der Waals surface area contributed by atoms with Crippen LogP contribution in [0.25, 0.3) is 0 Å². The van der Waals surface area contributed by atoms with Gasteiger partial charge in [0.15, 0.2) is 5.75 Å². The number of rotatable bonds is 4. The fourth-order valence-electron chi connectivity index (χ4n) is 2.42. The number of hydrogen-bond donors (Lipinski definition) is 2. The Morgan fingerprint density at radius 1 is 1.60 bits per heavy atom. The Morgan fingerprint density at radius 2 is 2.40 bits per heavy atom. The molecule has 1 aromatic rings. The first-order valence-electron chi connectivity index (χ1n) is 6.63. The molecule has 6 heteroatoms. The van der Waals surface area contributed by atoms with Gasteiger partial charge in [-0.25, -0.2) is 0 Å². The number of piperidine rings is 1. The Morgan fingerprint density at radius 3 is 3.05 bits per heavy atom. The van der Waals surface area contributed by atoms with Crippen LogP contribution in [0, 0.1) is 5.92 Å². The summed E-state index contributed by atoms with van der Waals surface area (Å²) in [7, 11) is 1.56. The van der Waals surface area contributed by atoms with Crippen molar-refractivity contribution < 1.29 is 9.53 Å². The molecule has 0 radical (unpaired) electrons. The minimum absolute atomic E-state index is 0.00818. The predicted octanol–water partition coefficient (Wildman–Crippen LogP) is 3.44. The lowest BCUT2D eigenvalue weighted by molar-refractivity contribution is -0.117. The van der Waals surface area contributed by atoms with E-state index in [-0.39, 0.29) is 5.91 Å². The third-order valence-corrected chi connectivity index (χ3v) is 4.17. The van der Waals surface area contributed by atoms with Gasteiger partial charge in [-0.05, 0) is 59.9 Å². The number of anilines is 1. The fraction of sp³-hybridized carbons (Fsp3) is 0.500. The SMILES string of the molecule is COc1c(Br)cc(Cl)cc1NC(=O)CC1CCCNC1. The highest BCUT2D eigenvalue weighted by Crippen LogP contribution is 2.36. The number of ether oxygens (including phenoxy) is 1. The molecule has 1 atom stereocenters. The zero-order valence-electron chi connectivity index (χ0n) is 11.3. The highest BCUT2D eigenvalue weighted by molar-refractivity contribution is 9.10. The van der Waals surface area contributed by atoms with Crippen LogP contribution < -0.4 is 15.4 Å². The van der Waals surface area contributed by atoms with Crippen LogP contribution >= 0.6 is 27.5 Å². The van der Waals surface area contributed by atoms with Crippen molar-refractivity contribution in [1.82, 2.24) is 5.32 Å². The molecule has 1 saturated heterocycles. The van der Waals surface area contributed by atoms with Crippen LogP contribution in [0.1, 0.15) is 19.3 Å². The number of benzene rings is 1. The number of hydrogen-bond acceptors (Lipinski definition) is 3. The summed E-state index contributed by atoms with van der Waals surface area (Å²) >= 11 is 9.38. The van der Waals surface area contributed by atoms with E-state index in [1.54, 1.807) is 19.2 Å². The molecule has 0 saturated carbocycles. The zero-order chi connectivity index (χ0) is 14.5. The first-order valence-corrected chi connectivity index (χ1v) is 7.81. The van der Waals surface area contributed by atoms with Crippen LogP contribution in [-0.4, -0.2) is 26.1 Å². The summed E-state index contributed by atoms with van der Waals surface area (Å²) in [4.78, 5) is 12.1. The molecule has 110 valence electrons. The second-order valence-corrected chi connectivity index (χ2v) is 6.22. The molecule has 2 N–H and O–H groups in total. The van der Waals surface area contributed by atoms with Gasteiger partial charge in [-0.2, -0.15) is 0 Å². The molecule has 0 aliphatic carbocycles. The molecule has 20 heavy (non-hydrogen) atoms. The predicted molar refractivity (Wildman–Crippen MR) is 84.5 cm³/mol. The second kappa shape index (κ2) is 7.29. The van der Waals surface area contributed by atoms with Gasteiger partial charge in [0.25, 0.3) is 0 Å². The standard InChI is InChI=1S/C14H18BrClN2O2/c1-20-14-11(15)6-10(16)7-12(14)18-13(19)5-9-3-2-4-17-8-9/h6-7,9,17H,2-5,8H2,1H3,(H,18,19). The molecule has 1 unspecified atom stereocenters. The van der Waals surface area contributed by atoms with Crippen molar-refractivity contribution in [1.29, 1.82) is 0 Å². The number of carbonyl (C=O) groups is 1. The Labute approximate surface area is 132 Å². The number of methoxy groups -OCH3 is 1. The van der Waals surface area contributed by atoms with Gasteiger partial charge in [-0.15, -0.1) is 0 Å². The van der Waals surface area contributed by atoms with Gasteiger partial charge >= 0.3 is 0 Å². The quantitative estimate of drug-likeness (QED) is 0.864. The van der Waals surface area contributed by atoms with E-state index in [0.29, 0.717) is 28.8 Å². The number of nitrogens with one attached hydrogen (secondary N) is 2. The van der Waals surface area contributed by atoms with Gasteiger partial charge < -0.3 is 15.4 Å². The van der Waals surface area contributed by atoms with E-state index in [4.69, 9.17) is 16.3 Å². The lowest BCUT2D eigenvalue weighted by Crippen LogP contribution is -2.32. The second-order valence-electron chi connectivity index (χ2n) is 4.93. The summed E-state index contributed by atoms with van der Waals surface area (Å²) < 4.78 is 6.01. The third-order valence-electron chi connectivity index (χ3n) is 3.36. The maximum absolute atomic E-state index is 12.1. The van der Waals surface area contributed by atoms with Gasteiger partial charge in [0.2, 0.25) is 5.91 Å². The summed E-state index contributed by atoms with van der Waals surface area (Å²) in [6.45, 7) is 1.96. The highest BCUT2D eigenvalue weighted by atomic mass is 79.9. The van der Waals surface area contributed by atoms with Crippen LogP contribution in [0.3, 0.4) is 0 Å². The average Bonchev–Trinajstić information content (AvgIpc) is 2.39. The molecule has 0 spiro atoms. The topological polar surface area (TPSA) is 50.4 Å². The molecule has 2 rings (SSSR count). The normalized spacial score (nSPS) is 18.6. The molecule has 1 aliphatic heterocycles. The highest BCUT2D eigenvalue weighted by Gasteiger charge is 2.18. The Bertz CT molecular complexity index is 490. The van der Waals surface area contributed by atoms with E-state index in [1.807, 2.05) is 0 Å². The molecule has 1 fully saturated rings. The summed E-state index contributed by atoms with van der Waals surface area (Å²) in [5.41, 5.74) is 0.598. The van der Waals surface area contributed by atoms with E-state index in [0.717, 1.165) is 30.4 Å². The molecular formula is C14H18BrClN2O2. The number of carbonyl (C=O) groups excluding carboxylic acids is 1. The fourth-order valence-corrected chi connectivity index (χ4v) is 3.39. The third kappa shape index (κ3) is 4.11. The summed E-state index contributed by atoms with van der Waals surface area (Å²) in [6, 6.07) is 3.43. The Kier molecular flexibility index (Phi) is 5.69. The van der Waals surface area contributed by atoms with Crippen LogP contribution in [0.2, 0.25) is 5.02 Å². The first kappa shape index (κ1) is 15.6. The zero-order valence-corrected chi connectivity index (χ0v) is 13.7. The van der Waals surface area contributed by atoms with Crippen LogP contribution in [0.5, 0.6) is 5.75 Å². The molecule has 4 nitrogen and oxygen atoms in total. The van der Waals surface area contributed by atoms with Gasteiger partial charge in [-0.1, -0.05) is 11.6 Å². The Balaban J connectivity index is 2.03. The molecule has 1 amide bonds. The average molecular weight is 362 g/mol. The maximum atomic E-state index is 12.1. The van der Waals surface area contributed by atoms with Crippen molar-refractivity contribution in [2.75, 3.05) is 25.5 Å². The molecular weight excluding hydrogens is 344 g/mol. The van der Waals surface area contributed by atoms with Crippen LogP contribution in [-0.2, 0) is 4.79 Å². The number of halogens is 2. The van der Waals surface area contributed by atoms with Gasteiger partial charge in [0.1, 0.15) is 0 Å². The Hall–Kier alpha value is -0.780. The van der Waals surface area contributed by atoms with E-state index < -0.39 is 0 Å². The van der Waals surface area contributed by atoms with Crippen molar-refractivity contribution in [3.63, 3.8) is 0 Å². The van der Waals surface area contributed by atoms with Crippen molar-refractivity contribution in [2.45, 2.75) is 19.3 Å². The lowest BCUT2D eigenvalue weighted by Gasteiger charge is -2.22. The molecule has 1 aliphatic rings. The molecule has 0 aromatic heterocycles. The van der Waals surface area contributed by atoms with Crippen molar-refractivity contribution in [3.8, 4) is 5.75 Å². The summed E-state index contributed by atoms with van der Waals surface area (Å²) in [5.74, 6) is 0.980. The molecule has 1 aromatic carbocycles. The minimum atomic E-state index is -0.00818. The minimum Gasteiger partial charge on any atom is -0.493 e. The largest absolute Gasteiger partial charge is 0.493 e. The maximum Gasteiger partial charge on any atom is 0.224 e. The van der Waals surface area contributed by atoms with Crippen LogP contribution in [0.4, 0.5) is 5.69 Å². The first-order chi connectivity index (χ1) is 9.60. The molecule has 1 heterocycles. The number of amides is 1. The monoisotopic (exact) mass is 360 g/mol. The van der Waals surface area contributed by atoms with Crippen molar-refractivity contribution in [3.05, 3.63) is 21.6 Å². The molecule has 0 bridgehead atoms. The van der Waals surface area contributed by atoms with E-state index in [1.165, 1.54) is 0 Å². The van der Waals surface area contributed by atoms with Gasteiger partial charge in [0.05, 0.1) is 17.3 Å². The van der Waals surface area contributed by atoms with Gasteiger partial charge in [-0.3, -0.25) is 4.79 Å². The smallest absolute Gasteiger partial charge is 0.224 e. The summed E-state index contributed by atoms with van der Waals surface area (Å²) in [6.07, 6.45) is 2.74. The van der Waals surface area contributed by atoms with Crippen molar-refractivity contribution in [2.24, 2.45) is 5.92 Å². The van der Waals surface area contributed by atoms with E-state index in [2.05, 4.69) is 26.6 Å². The van der Waals surface area contributed by atoms with Crippen molar-refractivity contribution >= 4 is 39.1 Å².